The zero-order chi connectivity index (χ0) is 27.6. The van der Waals surface area contributed by atoms with Crippen LogP contribution in [0.1, 0.15) is 29.2 Å². The van der Waals surface area contributed by atoms with E-state index in [2.05, 4.69) is 24.3 Å². The average molecular weight is 541 g/mol. The van der Waals surface area contributed by atoms with Gasteiger partial charge in [-0.3, -0.25) is 0 Å². The first kappa shape index (κ1) is 27.6. The van der Waals surface area contributed by atoms with Gasteiger partial charge in [0.2, 0.25) is 0 Å². The van der Waals surface area contributed by atoms with Crippen molar-refractivity contribution in [1.29, 1.82) is 0 Å². The van der Waals surface area contributed by atoms with Gasteiger partial charge in [0.15, 0.2) is 0 Å². The second kappa shape index (κ2) is 13.9. The van der Waals surface area contributed by atoms with Gasteiger partial charge in [0.05, 0.1) is 13.2 Å². The van der Waals surface area contributed by atoms with Crippen molar-refractivity contribution in [3.05, 3.63) is 119 Å². The Morgan fingerprint density at radius 1 is 0.600 bits per heavy atom. The van der Waals surface area contributed by atoms with Gasteiger partial charge in [0.1, 0.15) is 55.0 Å². The molecule has 0 spiro atoms. The lowest BCUT2D eigenvalue weighted by atomic mass is 10.0. The third-order valence-corrected chi connectivity index (χ3v) is 6.54. The summed E-state index contributed by atoms with van der Waals surface area (Å²) in [6.45, 7) is 4.37. The molecular weight excluding hydrogens is 504 g/mol. The van der Waals surface area contributed by atoms with E-state index in [1.165, 1.54) is 22.3 Å². The molecular formula is C34H36O6. The molecule has 1 fully saturated rings. The molecule has 2 unspecified atom stereocenters. The van der Waals surface area contributed by atoms with Crippen LogP contribution < -0.4 is 18.9 Å². The molecule has 0 amide bonds. The summed E-state index contributed by atoms with van der Waals surface area (Å²) in [5.41, 5.74) is 4.80. The van der Waals surface area contributed by atoms with Gasteiger partial charge in [-0.15, -0.1) is 0 Å². The molecule has 208 valence electrons. The standard InChI is InChI=1S/C34H36O6/c1-2-36-30-11-3-25(4-12-30)19-26-5-13-31(14-6-26)37-21-29(35)22-38-32-15-7-27(8-16-32)20-28-9-17-33(18-10-28)39-23-34-24-40-34/h3-18,29,34-35H,2,19-24H2,1H3. The van der Waals surface area contributed by atoms with E-state index in [0.29, 0.717) is 19.0 Å². The Labute approximate surface area is 236 Å². The van der Waals surface area contributed by atoms with E-state index < -0.39 is 6.10 Å². The van der Waals surface area contributed by atoms with Crippen LogP contribution in [-0.2, 0) is 17.6 Å². The van der Waals surface area contributed by atoms with Gasteiger partial charge in [-0.05, 0) is 90.6 Å². The van der Waals surface area contributed by atoms with E-state index in [1.807, 2.05) is 79.7 Å². The highest BCUT2D eigenvalue weighted by Gasteiger charge is 2.22. The van der Waals surface area contributed by atoms with E-state index >= 15 is 0 Å². The van der Waals surface area contributed by atoms with Gasteiger partial charge in [0.25, 0.3) is 0 Å². The van der Waals surface area contributed by atoms with Crippen molar-refractivity contribution >= 4 is 0 Å². The van der Waals surface area contributed by atoms with E-state index in [0.717, 1.165) is 36.7 Å². The van der Waals surface area contributed by atoms with Crippen molar-refractivity contribution in [2.45, 2.75) is 32.0 Å². The van der Waals surface area contributed by atoms with Crippen molar-refractivity contribution in [3.8, 4) is 23.0 Å². The lowest BCUT2D eigenvalue weighted by Crippen LogP contribution is -2.25. The third kappa shape index (κ3) is 8.76. The van der Waals surface area contributed by atoms with E-state index in [9.17, 15) is 5.11 Å². The largest absolute Gasteiger partial charge is 0.494 e. The van der Waals surface area contributed by atoms with Crippen molar-refractivity contribution in [1.82, 2.24) is 0 Å². The Bertz CT molecular complexity index is 1300. The maximum Gasteiger partial charge on any atom is 0.122 e. The second-order valence-corrected chi connectivity index (χ2v) is 9.90. The number of aliphatic hydroxyl groups excluding tert-OH is 1. The Morgan fingerprint density at radius 2 is 0.950 bits per heavy atom. The van der Waals surface area contributed by atoms with Gasteiger partial charge in [-0.25, -0.2) is 0 Å². The number of epoxide rings is 1. The predicted octanol–water partition coefficient (Wildman–Crippen LogP) is 5.86. The topological polar surface area (TPSA) is 69.7 Å². The van der Waals surface area contributed by atoms with Gasteiger partial charge in [0, 0.05) is 0 Å². The fourth-order valence-electron chi connectivity index (χ4n) is 4.24. The maximum atomic E-state index is 10.3. The maximum absolute atomic E-state index is 10.3. The summed E-state index contributed by atoms with van der Waals surface area (Å²) in [5, 5.41) is 10.3. The van der Waals surface area contributed by atoms with Gasteiger partial charge < -0.3 is 28.8 Å². The third-order valence-electron chi connectivity index (χ3n) is 6.54. The van der Waals surface area contributed by atoms with E-state index in [1.54, 1.807) is 0 Å². The number of aliphatic hydroxyl groups is 1. The van der Waals surface area contributed by atoms with Crippen LogP contribution in [0.2, 0.25) is 0 Å². The number of rotatable bonds is 15. The SMILES string of the molecule is CCOc1ccc(Cc2ccc(OCC(O)COc3ccc(Cc4ccc(OCC5CO5)cc4)cc3)cc2)cc1. The first-order valence-corrected chi connectivity index (χ1v) is 13.8. The van der Waals surface area contributed by atoms with Crippen molar-refractivity contribution in [2.24, 2.45) is 0 Å². The van der Waals surface area contributed by atoms with Crippen LogP contribution in [0.4, 0.5) is 0 Å². The summed E-state index contributed by atoms with van der Waals surface area (Å²) in [7, 11) is 0. The summed E-state index contributed by atoms with van der Waals surface area (Å²) < 4.78 is 27.9. The average Bonchev–Trinajstić information content (AvgIpc) is 3.82. The molecule has 1 aliphatic heterocycles. The molecule has 5 rings (SSSR count). The quantitative estimate of drug-likeness (QED) is 0.190. The summed E-state index contributed by atoms with van der Waals surface area (Å²) >= 11 is 0. The molecule has 1 heterocycles. The Kier molecular flexibility index (Phi) is 9.56. The normalized spacial score (nSPS) is 14.8. The summed E-state index contributed by atoms with van der Waals surface area (Å²) in [6.07, 6.45) is 1.17. The van der Waals surface area contributed by atoms with Crippen LogP contribution in [0.5, 0.6) is 23.0 Å². The fourth-order valence-corrected chi connectivity index (χ4v) is 4.24. The van der Waals surface area contributed by atoms with Crippen LogP contribution in [0, 0.1) is 0 Å². The van der Waals surface area contributed by atoms with Gasteiger partial charge in [-0.1, -0.05) is 48.5 Å². The molecule has 1 aliphatic rings. The lowest BCUT2D eigenvalue weighted by molar-refractivity contribution is 0.0626. The molecule has 0 aromatic heterocycles. The Morgan fingerprint density at radius 3 is 1.30 bits per heavy atom. The fraction of sp³-hybridized carbons (Fsp3) is 0.294. The first-order valence-electron chi connectivity index (χ1n) is 13.8. The monoisotopic (exact) mass is 540 g/mol. The molecule has 0 bridgehead atoms. The van der Waals surface area contributed by atoms with Crippen LogP contribution in [0.25, 0.3) is 0 Å². The van der Waals surface area contributed by atoms with Gasteiger partial charge in [-0.2, -0.15) is 0 Å². The van der Waals surface area contributed by atoms with Crippen LogP contribution in [-0.4, -0.2) is 50.3 Å². The predicted molar refractivity (Wildman–Crippen MR) is 155 cm³/mol. The Balaban J connectivity index is 1.00. The lowest BCUT2D eigenvalue weighted by Gasteiger charge is -2.14. The summed E-state index contributed by atoms with van der Waals surface area (Å²) in [5.74, 6) is 3.18. The molecule has 0 aliphatic carbocycles. The molecule has 0 saturated carbocycles. The first-order chi connectivity index (χ1) is 19.6. The van der Waals surface area contributed by atoms with Crippen LogP contribution in [0.3, 0.4) is 0 Å². The number of hydrogen-bond donors (Lipinski definition) is 1. The molecule has 6 heteroatoms. The molecule has 2 atom stereocenters. The molecule has 0 radical (unpaired) electrons. The second-order valence-electron chi connectivity index (χ2n) is 9.90. The van der Waals surface area contributed by atoms with Crippen molar-refractivity contribution < 1.29 is 28.8 Å². The molecule has 6 nitrogen and oxygen atoms in total. The number of ether oxygens (including phenoxy) is 5. The Hall–Kier alpha value is -4.00. The molecule has 4 aromatic rings. The van der Waals surface area contributed by atoms with E-state index in [-0.39, 0.29) is 19.3 Å². The highest BCUT2D eigenvalue weighted by molar-refractivity contribution is 5.35. The van der Waals surface area contributed by atoms with Gasteiger partial charge >= 0.3 is 0 Å². The molecule has 40 heavy (non-hydrogen) atoms. The highest BCUT2D eigenvalue weighted by atomic mass is 16.6. The van der Waals surface area contributed by atoms with Crippen molar-refractivity contribution in [2.75, 3.05) is 33.0 Å². The number of benzene rings is 4. The summed E-state index contributed by atoms with van der Waals surface area (Å²) in [4.78, 5) is 0. The van der Waals surface area contributed by atoms with E-state index in [4.69, 9.17) is 23.7 Å². The van der Waals surface area contributed by atoms with Crippen LogP contribution in [0.15, 0.2) is 97.1 Å². The number of hydrogen-bond acceptors (Lipinski definition) is 6. The molecule has 1 saturated heterocycles. The molecule has 1 N–H and O–H groups in total. The van der Waals surface area contributed by atoms with Crippen molar-refractivity contribution in [3.63, 3.8) is 0 Å². The smallest absolute Gasteiger partial charge is 0.122 e. The van der Waals surface area contributed by atoms with Crippen LogP contribution >= 0.6 is 0 Å². The minimum Gasteiger partial charge on any atom is -0.494 e. The zero-order valence-electron chi connectivity index (χ0n) is 22.8. The zero-order valence-corrected chi connectivity index (χ0v) is 22.8. The summed E-state index contributed by atoms with van der Waals surface area (Å²) in [6, 6.07) is 32.2. The minimum absolute atomic E-state index is 0.155. The highest BCUT2D eigenvalue weighted by Crippen LogP contribution is 2.21. The minimum atomic E-state index is -0.740. The molecule has 4 aromatic carbocycles.